The summed E-state index contributed by atoms with van der Waals surface area (Å²) in [7, 11) is 0. The van der Waals surface area contributed by atoms with E-state index in [4.69, 9.17) is 23.2 Å². The summed E-state index contributed by atoms with van der Waals surface area (Å²) in [6.45, 7) is 0. The third-order valence-electron chi connectivity index (χ3n) is 2.66. The van der Waals surface area contributed by atoms with Gasteiger partial charge in [-0.3, -0.25) is 4.79 Å². The van der Waals surface area contributed by atoms with Gasteiger partial charge in [0.2, 0.25) is 5.91 Å². The Morgan fingerprint density at radius 1 is 1.14 bits per heavy atom. The van der Waals surface area contributed by atoms with Gasteiger partial charge in [0, 0.05) is 15.6 Å². The van der Waals surface area contributed by atoms with Crippen LogP contribution in [0.2, 0.25) is 10.0 Å². The zero-order valence-electron chi connectivity index (χ0n) is 10.9. The third-order valence-corrected chi connectivity index (χ3v) is 3.15. The SMILES string of the molecule is O=C(Cc1ccc(Cl)cc1)N/N=C/c1cc(Cl)ccc1O. The fraction of sp³-hybridized carbons (Fsp3) is 0.0667. The van der Waals surface area contributed by atoms with Crippen LogP contribution < -0.4 is 5.43 Å². The number of amides is 1. The van der Waals surface area contributed by atoms with Crippen molar-refractivity contribution in [3.63, 3.8) is 0 Å². The summed E-state index contributed by atoms with van der Waals surface area (Å²) in [6.07, 6.45) is 1.52. The molecule has 0 aromatic heterocycles. The van der Waals surface area contributed by atoms with Gasteiger partial charge in [0.1, 0.15) is 5.75 Å². The molecule has 1 amide bonds. The van der Waals surface area contributed by atoms with Gasteiger partial charge < -0.3 is 5.11 Å². The summed E-state index contributed by atoms with van der Waals surface area (Å²) in [5.41, 5.74) is 3.64. The molecule has 108 valence electrons. The quantitative estimate of drug-likeness (QED) is 0.669. The summed E-state index contributed by atoms with van der Waals surface area (Å²) in [5.74, 6) is -0.231. The van der Waals surface area contributed by atoms with Gasteiger partial charge in [-0.15, -0.1) is 0 Å². The molecule has 0 aliphatic heterocycles. The van der Waals surface area contributed by atoms with E-state index in [0.717, 1.165) is 5.56 Å². The highest BCUT2D eigenvalue weighted by atomic mass is 35.5. The highest BCUT2D eigenvalue weighted by Crippen LogP contribution is 2.19. The van der Waals surface area contributed by atoms with Crippen LogP contribution in [-0.2, 0) is 11.2 Å². The lowest BCUT2D eigenvalue weighted by atomic mass is 10.1. The van der Waals surface area contributed by atoms with Crippen LogP contribution in [0.3, 0.4) is 0 Å². The van der Waals surface area contributed by atoms with Crippen LogP contribution in [0, 0.1) is 0 Å². The predicted octanol–water partition coefficient (Wildman–Crippen LogP) is 3.39. The van der Waals surface area contributed by atoms with Crippen LogP contribution in [0.25, 0.3) is 0 Å². The Morgan fingerprint density at radius 2 is 1.81 bits per heavy atom. The van der Waals surface area contributed by atoms with Gasteiger partial charge in [-0.1, -0.05) is 35.3 Å². The Kier molecular flexibility index (Phi) is 5.20. The molecule has 2 aromatic rings. The van der Waals surface area contributed by atoms with E-state index in [9.17, 15) is 9.90 Å². The Hall–Kier alpha value is -2.04. The van der Waals surface area contributed by atoms with Crippen LogP contribution >= 0.6 is 23.2 Å². The summed E-state index contributed by atoms with van der Waals surface area (Å²) in [6, 6.07) is 11.6. The molecule has 2 rings (SSSR count). The Bertz CT molecular complexity index is 670. The molecule has 0 bridgehead atoms. The van der Waals surface area contributed by atoms with Gasteiger partial charge in [0.15, 0.2) is 0 Å². The summed E-state index contributed by atoms with van der Waals surface area (Å²) in [5, 5.41) is 14.5. The summed E-state index contributed by atoms with van der Waals surface area (Å²) in [4.78, 5) is 11.7. The molecular formula is C15H12Cl2N2O2. The lowest BCUT2D eigenvalue weighted by Gasteiger charge is -2.01. The first-order chi connectivity index (χ1) is 10.0. The first-order valence-electron chi connectivity index (χ1n) is 6.09. The Balaban J connectivity index is 1.93. The van der Waals surface area contributed by atoms with Crippen molar-refractivity contribution in [3.05, 3.63) is 63.6 Å². The number of phenolic OH excluding ortho intramolecular Hbond substituents is 1. The molecule has 21 heavy (non-hydrogen) atoms. The second kappa shape index (κ2) is 7.11. The number of hydrazone groups is 1. The molecule has 0 saturated carbocycles. The molecule has 4 nitrogen and oxygen atoms in total. The van der Waals surface area contributed by atoms with Crippen LogP contribution in [0.4, 0.5) is 0 Å². The number of benzene rings is 2. The van der Waals surface area contributed by atoms with E-state index < -0.39 is 0 Å². The molecule has 2 N–H and O–H groups in total. The maximum Gasteiger partial charge on any atom is 0.244 e. The summed E-state index contributed by atoms with van der Waals surface area (Å²) < 4.78 is 0. The van der Waals surface area contributed by atoms with E-state index in [2.05, 4.69) is 10.5 Å². The normalized spacial score (nSPS) is 10.8. The van der Waals surface area contributed by atoms with Gasteiger partial charge >= 0.3 is 0 Å². The van der Waals surface area contributed by atoms with Crippen LogP contribution in [0.1, 0.15) is 11.1 Å². The van der Waals surface area contributed by atoms with Crippen molar-refractivity contribution in [2.24, 2.45) is 5.10 Å². The van der Waals surface area contributed by atoms with Gasteiger partial charge in [-0.25, -0.2) is 5.43 Å². The fourth-order valence-electron chi connectivity index (χ4n) is 1.63. The number of phenols is 1. The van der Waals surface area contributed by atoms with E-state index in [0.29, 0.717) is 15.6 Å². The average Bonchev–Trinajstić information content (AvgIpc) is 2.45. The number of aromatic hydroxyl groups is 1. The van der Waals surface area contributed by atoms with E-state index >= 15 is 0 Å². The van der Waals surface area contributed by atoms with Crippen molar-refractivity contribution >= 4 is 35.3 Å². The molecule has 0 atom stereocenters. The molecule has 6 heteroatoms. The van der Waals surface area contributed by atoms with Crippen LogP contribution in [-0.4, -0.2) is 17.2 Å². The highest BCUT2D eigenvalue weighted by molar-refractivity contribution is 6.31. The molecule has 0 saturated heterocycles. The average molecular weight is 323 g/mol. The number of rotatable bonds is 4. The van der Waals surface area contributed by atoms with Crippen molar-refractivity contribution < 1.29 is 9.90 Å². The maximum absolute atomic E-state index is 11.7. The number of nitrogens with zero attached hydrogens (tertiary/aromatic N) is 1. The number of carbonyl (C=O) groups excluding carboxylic acids is 1. The second-order valence-corrected chi connectivity index (χ2v) is 5.17. The minimum Gasteiger partial charge on any atom is -0.507 e. The van der Waals surface area contributed by atoms with Crippen molar-refractivity contribution in [3.8, 4) is 5.75 Å². The molecule has 0 aliphatic carbocycles. The van der Waals surface area contributed by atoms with E-state index in [1.807, 2.05) is 0 Å². The van der Waals surface area contributed by atoms with Gasteiger partial charge in [-0.05, 0) is 35.9 Å². The second-order valence-electron chi connectivity index (χ2n) is 4.30. The topological polar surface area (TPSA) is 61.7 Å². The van der Waals surface area contributed by atoms with E-state index in [1.54, 1.807) is 36.4 Å². The number of hydrogen-bond acceptors (Lipinski definition) is 3. The Labute approximate surface area is 132 Å². The minimum atomic E-state index is -0.268. The minimum absolute atomic E-state index is 0.0371. The number of hydrogen-bond donors (Lipinski definition) is 2. The van der Waals surface area contributed by atoms with Crippen LogP contribution in [0.5, 0.6) is 5.75 Å². The summed E-state index contributed by atoms with van der Waals surface area (Å²) >= 11 is 11.6. The fourth-order valence-corrected chi connectivity index (χ4v) is 1.94. The van der Waals surface area contributed by atoms with E-state index in [-0.39, 0.29) is 18.1 Å². The molecule has 0 unspecified atom stereocenters. The zero-order valence-corrected chi connectivity index (χ0v) is 12.4. The lowest BCUT2D eigenvalue weighted by Crippen LogP contribution is -2.19. The third kappa shape index (κ3) is 4.77. The Morgan fingerprint density at radius 3 is 2.52 bits per heavy atom. The zero-order chi connectivity index (χ0) is 15.2. The molecule has 0 heterocycles. The number of nitrogens with one attached hydrogen (secondary N) is 1. The van der Waals surface area contributed by atoms with Crippen molar-refractivity contribution in [1.82, 2.24) is 5.43 Å². The van der Waals surface area contributed by atoms with Crippen molar-refractivity contribution in [2.45, 2.75) is 6.42 Å². The largest absolute Gasteiger partial charge is 0.507 e. The molecule has 2 aromatic carbocycles. The smallest absolute Gasteiger partial charge is 0.244 e. The number of carbonyl (C=O) groups is 1. The first-order valence-corrected chi connectivity index (χ1v) is 6.85. The van der Waals surface area contributed by atoms with Crippen LogP contribution in [0.15, 0.2) is 47.6 Å². The monoisotopic (exact) mass is 322 g/mol. The molecule has 0 radical (unpaired) electrons. The van der Waals surface area contributed by atoms with E-state index in [1.165, 1.54) is 12.3 Å². The predicted molar refractivity (Wildman–Crippen MR) is 84.0 cm³/mol. The standard InChI is InChI=1S/C15H12Cl2N2O2/c16-12-3-1-10(2-4-12)7-15(21)19-18-9-11-8-13(17)5-6-14(11)20/h1-6,8-9,20H,7H2,(H,19,21)/b18-9+. The molecule has 0 aliphatic rings. The molecular weight excluding hydrogens is 311 g/mol. The van der Waals surface area contributed by atoms with Gasteiger partial charge in [0.05, 0.1) is 12.6 Å². The number of halogens is 2. The maximum atomic E-state index is 11.7. The molecule has 0 fully saturated rings. The molecule has 0 spiro atoms. The van der Waals surface area contributed by atoms with Crippen molar-refractivity contribution in [2.75, 3.05) is 0 Å². The van der Waals surface area contributed by atoms with Gasteiger partial charge in [-0.2, -0.15) is 5.10 Å². The highest BCUT2D eigenvalue weighted by Gasteiger charge is 2.03. The van der Waals surface area contributed by atoms with Gasteiger partial charge in [0.25, 0.3) is 0 Å². The van der Waals surface area contributed by atoms with Crippen molar-refractivity contribution in [1.29, 1.82) is 0 Å². The lowest BCUT2D eigenvalue weighted by molar-refractivity contribution is -0.120. The first kappa shape index (κ1) is 15.4.